The molecule has 0 radical (unpaired) electrons. The zero-order chi connectivity index (χ0) is 11.8. The van der Waals surface area contributed by atoms with E-state index in [1.54, 1.807) is 5.32 Å². The summed E-state index contributed by atoms with van der Waals surface area (Å²) in [5.74, 6) is -0.918. The van der Waals surface area contributed by atoms with Crippen molar-refractivity contribution < 1.29 is 19.5 Å². The molecule has 0 saturated carbocycles. The average molecular weight is 212 g/mol. The zero-order valence-electron chi connectivity index (χ0n) is 7.72. The summed E-state index contributed by atoms with van der Waals surface area (Å²) in [6.07, 6.45) is -0.305. The number of hydrogen-bond acceptors (Lipinski definition) is 5. The number of nitriles is 1. The van der Waals surface area contributed by atoms with Crippen LogP contribution in [0.4, 0.5) is 4.79 Å². The molecule has 0 aromatic rings. The Labute approximate surface area is 84.7 Å². The van der Waals surface area contributed by atoms with Gasteiger partial charge in [0.15, 0.2) is 0 Å². The first kappa shape index (κ1) is 12.4. The van der Waals surface area contributed by atoms with Crippen LogP contribution < -0.4 is 10.7 Å². The second kappa shape index (κ2) is 5.98. The SMILES string of the molecule is CN(NC=C(C#N)C(=O)NC=O)C(=O)O. The van der Waals surface area contributed by atoms with Gasteiger partial charge in [0.1, 0.15) is 11.6 Å². The third-order valence-corrected chi connectivity index (χ3v) is 1.24. The molecule has 0 unspecified atom stereocenters. The number of hydrazine groups is 1. The van der Waals surface area contributed by atoms with Gasteiger partial charge in [0.2, 0.25) is 6.41 Å². The molecular weight excluding hydrogens is 204 g/mol. The van der Waals surface area contributed by atoms with E-state index < -0.39 is 17.6 Å². The molecule has 0 aliphatic heterocycles. The van der Waals surface area contributed by atoms with Crippen LogP contribution in [0.2, 0.25) is 0 Å². The minimum Gasteiger partial charge on any atom is -0.464 e. The third kappa shape index (κ3) is 4.28. The predicted octanol–water partition coefficient (Wildman–Crippen LogP) is -1.22. The van der Waals surface area contributed by atoms with Gasteiger partial charge in [0.05, 0.1) is 0 Å². The van der Waals surface area contributed by atoms with E-state index >= 15 is 0 Å². The molecule has 0 bridgehead atoms. The van der Waals surface area contributed by atoms with Crippen LogP contribution in [0.3, 0.4) is 0 Å². The Balaban J connectivity index is 4.49. The monoisotopic (exact) mass is 212 g/mol. The van der Waals surface area contributed by atoms with Crippen molar-refractivity contribution in [1.29, 1.82) is 5.26 Å². The highest BCUT2D eigenvalue weighted by molar-refractivity contribution is 6.02. The van der Waals surface area contributed by atoms with Gasteiger partial charge in [-0.1, -0.05) is 0 Å². The van der Waals surface area contributed by atoms with Crippen LogP contribution >= 0.6 is 0 Å². The van der Waals surface area contributed by atoms with Gasteiger partial charge < -0.3 is 5.11 Å². The predicted molar refractivity (Wildman–Crippen MR) is 46.8 cm³/mol. The Morgan fingerprint density at radius 1 is 1.53 bits per heavy atom. The van der Waals surface area contributed by atoms with Gasteiger partial charge in [0, 0.05) is 13.2 Å². The summed E-state index contributed by atoms with van der Waals surface area (Å²) in [7, 11) is 1.17. The fourth-order valence-corrected chi connectivity index (χ4v) is 0.496. The molecule has 0 atom stereocenters. The Morgan fingerprint density at radius 3 is 2.53 bits per heavy atom. The Hall–Kier alpha value is -2.56. The lowest BCUT2D eigenvalue weighted by Crippen LogP contribution is -2.36. The van der Waals surface area contributed by atoms with Crippen molar-refractivity contribution in [3.63, 3.8) is 0 Å². The van der Waals surface area contributed by atoms with Gasteiger partial charge in [-0.25, -0.2) is 9.80 Å². The first-order chi connectivity index (χ1) is 7.02. The van der Waals surface area contributed by atoms with Crippen molar-refractivity contribution in [2.45, 2.75) is 0 Å². The molecule has 8 nitrogen and oxygen atoms in total. The van der Waals surface area contributed by atoms with Crippen molar-refractivity contribution in [1.82, 2.24) is 15.8 Å². The van der Waals surface area contributed by atoms with Crippen LogP contribution in [0.15, 0.2) is 11.8 Å². The molecule has 0 aromatic heterocycles. The first-order valence-corrected chi connectivity index (χ1v) is 3.60. The highest BCUT2D eigenvalue weighted by Gasteiger charge is 2.08. The average Bonchev–Trinajstić information content (AvgIpc) is 2.18. The maximum absolute atomic E-state index is 10.9. The number of rotatable bonds is 4. The van der Waals surface area contributed by atoms with Crippen LogP contribution in [0.1, 0.15) is 0 Å². The number of amides is 3. The molecule has 3 amide bonds. The van der Waals surface area contributed by atoms with Crippen molar-refractivity contribution in [3.05, 3.63) is 11.8 Å². The number of nitrogens with zero attached hydrogens (tertiary/aromatic N) is 2. The van der Waals surface area contributed by atoms with Gasteiger partial charge in [0.25, 0.3) is 5.91 Å². The summed E-state index contributed by atoms with van der Waals surface area (Å²) in [6, 6.07) is 1.49. The van der Waals surface area contributed by atoms with E-state index in [-0.39, 0.29) is 6.41 Å². The second-order valence-corrected chi connectivity index (χ2v) is 2.23. The highest BCUT2D eigenvalue weighted by Crippen LogP contribution is 1.90. The molecule has 0 fully saturated rings. The van der Waals surface area contributed by atoms with Gasteiger partial charge >= 0.3 is 6.09 Å². The van der Waals surface area contributed by atoms with E-state index in [4.69, 9.17) is 10.4 Å². The molecular formula is C7H8N4O4. The standard InChI is InChI=1S/C7H8N4O4/c1-11(7(14)15)10-3-5(2-8)6(13)9-4-12/h3-4,10H,1H3,(H,14,15)(H,9,12,13). The van der Waals surface area contributed by atoms with E-state index in [1.165, 1.54) is 13.1 Å². The van der Waals surface area contributed by atoms with Crippen molar-refractivity contribution in [2.24, 2.45) is 0 Å². The summed E-state index contributed by atoms with van der Waals surface area (Å²) in [6.45, 7) is 0. The molecule has 0 aromatic carbocycles. The molecule has 15 heavy (non-hydrogen) atoms. The van der Waals surface area contributed by atoms with Gasteiger partial charge in [-0.3, -0.25) is 20.3 Å². The minimum atomic E-state index is -1.29. The minimum absolute atomic E-state index is 0.119. The largest absolute Gasteiger partial charge is 0.464 e. The van der Waals surface area contributed by atoms with Gasteiger partial charge in [-0.2, -0.15) is 5.26 Å². The normalized spacial score (nSPS) is 9.73. The van der Waals surface area contributed by atoms with Crippen LogP contribution in [0, 0.1) is 11.3 Å². The Kier molecular flexibility index (Phi) is 4.96. The van der Waals surface area contributed by atoms with Crippen molar-refractivity contribution >= 4 is 18.4 Å². The summed E-state index contributed by atoms with van der Waals surface area (Å²) >= 11 is 0. The Morgan fingerprint density at radius 2 is 2.13 bits per heavy atom. The lowest BCUT2D eigenvalue weighted by Gasteiger charge is -2.11. The quantitative estimate of drug-likeness (QED) is 0.232. The van der Waals surface area contributed by atoms with Crippen molar-refractivity contribution in [2.75, 3.05) is 7.05 Å². The maximum atomic E-state index is 10.9. The fourth-order valence-electron chi connectivity index (χ4n) is 0.496. The topological polar surface area (TPSA) is 123 Å². The summed E-state index contributed by atoms with van der Waals surface area (Å²) in [4.78, 5) is 31.1. The smallest absolute Gasteiger partial charge is 0.425 e. The summed E-state index contributed by atoms with van der Waals surface area (Å²) in [5.41, 5.74) is 1.72. The molecule has 3 N–H and O–H groups in total. The molecule has 0 aliphatic carbocycles. The number of carbonyl (C=O) groups excluding carboxylic acids is 2. The lowest BCUT2D eigenvalue weighted by molar-refractivity contribution is -0.122. The number of imide groups is 1. The van der Waals surface area contributed by atoms with E-state index in [0.29, 0.717) is 5.01 Å². The molecule has 0 aliphatic rings. The third-order valence-electron chi connectivity index (χ3n) is 1.24. The summed E-state index contributed by atoms with van der Waals surface area (Å²) < 4.78 is 0. The number of carbonyl (C=O) groups is 3. The van der Waals surface area contributed by atoms with E-state index in [2.05, 4.69) is 5.43 Å². The number of nitrogens with one attached hydrogen (secondary N) is 2. The molecule has 0 saturated heterocycles. The zero-order valence-corrected chi connectivity index (χ0v) is 7.72. The van der Waals surface area contributed by atoms with Crippen LogP contribution in [-0.4, -0.2) is 35.6 Å². The van der Waals surface area contributed by atoms with E-state index in [1.807, 2.05) is 0 Å². The van der Waals surface area contributed by atoms with Crippen LogP contribution in [0.5, 0.6) is 0 Å². The van der Waals surface area contributed by atoms with Crippen LogP contribution in [-0.2, 0) is 9.59 Å². The maximum Gasteiger partial charge on any atom is 0.425 e. The van der Waals surface area contributed by atoms with E-state index in [0.717, 1.165) is 6.20 Å². The van der Waals surface area contributed by atoms with Crippen molar-refractivity contribution in [3.8, 4) is 6.07 Å². The molecule has 0 rings (SSSR count). The Bertz CT molecular complexity index is 343. The molecule has 0 spiro atoms. The first-order valence-electron chi connectivity index (χ1n) is 3.60. The highest BCUT2D eigenvalue weighted by atomic mass is 16.4. The molecule has 0 heterocycles. The van der Waals surface area contributed by atoms with Gasteiger partial charge in [-0.15, -0.1) is 0 Å². The van der Waals surface area contributed by atoms with Crippen LogP contribution in [0.25, 0.3) is 0 Å². The second-order valence-electron chi connectivity index (χ2n) is 2.23. The lowest BCUT2D eigenvalue weighted by atomic mass is 10.3. The van der Waals surface area contributed by atoms with E-state index in [9.17, 15) is 14.4 Å². The molecule has 8 heteroatoms. The number of carboxylic acid groups (broad SMARTS) is 1. The molecule has 80 valence electrons. The van der Waals surface area contributed by atoms with Gasteiger partial charge in [-0.05, 0) is 0 Å². The summed E-state index contributed by atoms with van der Waals surface area (Å²) in [5, 5.41) is 19.2. The fraction of sp³-hybridized carbons (Fsp3) is 0.143. The number of hydrogen-bond donors (Lipinski definition) is 3.